The van der Waals surface area contributed by atoms with Crippen molar-refractivity contribution in [1.29, 1.82) is 0 Å². The number of fused-ring (bicyclic) bond motifs is 1. The third-order valence-corrected chi connectivity index (χ3v) is 5.20. The fourth-order valence-corrected chi connectivity index (χ4v) is 3.91. The zero-order valence-electron chi connectivity index (χ0n) is 15.9. The number of esters is 1. The predicted octanol–water partition coefficient (Wildman–Crippen LogP) is 4.52. The van der Waals surface area contributed by atoms with Gasteiger partial charge in [-0.2, -0.15) is 0 Å². The van der Waals surface area contributed by atoms with E-state index in [9.17, 15) is 9.59 Å². The van der Waals surface area contributed by atoms with Crippen molar-refractivity contribution in [3.8, 4) is 22.8 Å². The normalized spacial score (nSPS) is 12.5. The number of thiophene rings is 1. The van der Waals surface area contributed by atoms with E-state index >= 15 is 0 Å². The topological polar surface area (TPSA) is 87.0 Å². The Kier molecular flexibility index (Phi) is 5.26. The minimum Gasteiger partial charge on any atom is -0.486 e. The van der Waals surface area contributed by atoms with Gasteiger partial charge in [-0.3, -0.25) is 4.79 Å². The van der Waals surface area contributed by atoms with Gasteiger partial charge in [0.05, 0.1) is 6.61 Å². The lowest BCUT2D eigenvalue weighted by Gasteiger charge is -2.18. The number of nitrogens with one attached hydrogen (secondary N) is 1. The number of furan rings is 1. The molecule has 2 aromatic heterocycles. The van der Waals surface area contributed by atoms with E-state index in [1.54, 1.807) is 36.6 Å². The molecule has 1 aromatic carbocycles. The van der Waals surface area contributed by atoms with Gasteiger partial charge in [-0.15, -0.1) is 11.3 Å². The van der Waals surface area contributed by atoms with Gasteiger partial charge in [-0.05, 0) is 44.2 Å². The third-order valence-electron chi connectivity index (χ3n) is 4.31. The zero-order valence-corrected chi connectivity index (χ0v) is 16.8. The first-order valence-electron chi connectivity index (χ1n) is 9.13. The molecular formula is C21H19NO6S. The van der Waals surface area contributed by atoms with E-state index in [1.165, 1.54) is 11.3 Å². The molecule has 0 saturated carbocycles. The number of aryl methyl sites for hydroxylation is 1. The van der Waals surface area contributed by atoms with Crippen LogP contribution in [0.3, 0.4) is 0 Å². The van der Waals surface area contributed by atoms with E-state index in [1.807, 2.05) is 13.0 Å². The lowest BCUT2D eigenvalue weighted by atomic mass is 10.1. The number of carbonyl (C=O) groups is 2. The van der Waals surface area contributed by atoms with E-state index in [-0.39, 0.29) is 18.1 Å². The summed E-state index contributed by atoms with van der Waals surface area (Å²) >= 11 is 1.24. The van der Waals surface area contributed by atoms with Crippen LogP contribution in [-0.4, -0.2) is 31.7 Å². The summed E-state index contributed by atoms with van der Waals surface area (Å²) in [6.07, 6.45) is 0. The molecule has 0 unspecified atom stereocenters. The molecule has 150 valence electrons. The minimum absolute atomic E-state index is 0.223. The molecule has 0 atom stereocenters. The SMILES string of the molecule is CCOC(=O)c1c(-c2ccc(C)o2)csc1NC(=O)c1ccc2c(c1)OCCO2. The van der Waals surface area contributed by atoms with Crippen LogP contribution in [0.4, 0.5) is 5.00 Å². The first-order chi connectivity index (χ1) is 14.1. The smallest absolute Gasteiger partial charge is 0.341 e. The Balaban J connectivity index is 1.65. The highest BCUT2D eigenvalue weighted by molar-refractivity contribution is 7.15. The van der Waals surface area contributed by atoms with Gasteiger partial charge in [-0.1, -0.05) is 0 Å². The molecule has 7 nitrogen and oxygen atoms in total. The van der Waals surface area contributed by atoms with Crippen LogP contribution in [0.2, 0.25) is 0 Å². The van der Waals surface area contributed by atoms with Gasteiger partial charge >= 0.3 is 5.97 Å². The predicted molar refractivity (Wildman–Crippen MR) is 108 cm³/mol. The molecule has 0 bridgehead atoms. The Labute approximate surface area is 171 Å². The van der Waals surface area contributed by atoms with Gasteiger partial charge in [0.15, 0.2) is 11.5 Å². The summed E-state index contributed by atoms with van der Waals surface area (Å²) in [5.41, 5.74) is 1.25. The molecule has 0 aliphatic carbocycles. The molecule has 29 heavy (non-hydrogen) atoms. The highest BCUT2D eigenvalue weighted by Crippen LogP contribution is 2.37. The second-order valence-corrected chi connectivity index (χ2v) is 7.18. The molecule has 1 N–H and O–H groups in total. The second-order valence-electron chi connectivity index (χ2n) is 6.30. The molecule has 1 aliphatic rings. The maximum absolute atomic E-state index is 12.8. The average Bonchev–Trinajstić information content (AvgIpc) is 3.33. The molecule has 3 heterocycles. The van der Waals surface area contributed by atoms with Crippen molar-refractivity contribution in [3.05, 3.63) is 52.6 Å². The van der Waals surface area contributed by atoms with Crippen molar-refractivity contribution in [2.45, 2.75) is 13.8 Å². The van der Waals surface area contributed by atoms with Crippen molar-refractivity contribution >= 4 is 28.2 Å². The van der Waals surface area contributed by atoms with E-state index in [4.69, 9.17) is 18.6 Å². The van der Waals surface area contributed by atoms with E-state index in [0.29, 0.717) is 46.6 Å². The van der Waals surface area contributed by atoms with Crippen LogP contribution in [0.25, 0.3) is 11.3 Å². The molecular weight excluding hydrogens is 394 g/mol. The quantitative estimate of drug-likeness (QED) is 0.619. The molecule has 0 fully saturated rings. The van der Waals surface area contributed by atoms with Gasteiger partial charge in [0.1, 0.15) is 35.3 Å². The van der Waals surface area contributed by atoms with Gasteiger partial charge in [0.25, 0.3) is 5.91 Å². The third kappa shape index (κ3) is 3.84. The monoisotopic (exact) mass is 413 g/mol. The van der Waals surface area contributed by atoms with Crippen LogP contribution < -0.4 is 14.8 Å². The number of carbonyl (C=O) groups excluding carboxylic acids is 2. The summed E-state index contributed by atoms with van der Waals surface area (Å²) in [5.74, 6) is 1.51. The first kappa shape index (κ1) is 19.1. The van der Waals surface area contributed by atoms with Gasteiger partial charge in [0, 0.05) is 16.5 Å². The fourth-order valence-electron chi connectivity index (χ4n) is 2.98. The minimum atomic E-state index is -0.518. The maximum Gasteiger partial charge on any atom is 0.341 e. The van der Waals surface area contributed by atoms with Gasteiger partial charge in [-0.25, -0.2) is 4.79 Å². The van der Waals surface area contributed by atoms with Gasteiger partial charge in [0.2, 0.25) is 0 Å². The summed E-state index contributed by atoms with van der Waals surface area (Å²) in [7, 11) is 0. The molecule has 0 saturated heterocycles. The molecule has 0 spiro atoms. The van der Waals surface area contributed by atoms with Crippen molar-refractivity contribution in [1.82, 2.24) is 0 Å². The number of amides is 1. The molecule has 1 amide bonds. The standard InChI is InChI=1S/C21H19NO6S/c1-3-25-21(24)18-14(15-6-4-12(2)28-15)11-29-20(18)22-19(23)13-5-7-16-17(10-13)27-9-8-26-16/h4-7,10-11H,3,8-9H2,1-2H3,(H,22,23). The lowest BCUT2D eigenvalue weighted by molar-refractivity contribution is 0.0528. The number of benzene rings is 1. The van der Waals surface area contributed by atoms with Crippen LogP contribution in [0, 0.1) is 6.92 Å². The van der Waals surface area contributed by atoms with Crippen molar-refractivity contribution < 1.29 is 28.2 Å². The Morgan fingerprint density at radius 2 is 1.93 bits per heavy atom. The highest BCUT2D eigenvalue weighted by Gasteiger charge is 2.25. The maximum atomic E-state index is 12.8. The Morgan fingerprint density at radius 1 is 1.14 bits per heavy atom. The summed E-state index contributed by atoms with van der Waals surface area (Å²) in [6.45, 7) is 4.69. The van der Waals surface area contributed by atoms with Crippen molar-refractivity contribution in [2.75, 3.05) is 25.1 Å². The van der Waals surface area contributed by atoms with Crippen LogP contribution in [-0.2, 0) is 4.74 Å². The fraction of sp³-hybridized carbons (Fsp3) is 0.238. The van der Waals surface area contributed by atoms with Crippen molar-refractivity contribution in [3.63, 3.8) is 0 Å². The van der Waals surface area contributed by atoms with Crippen LogP contribution >= 0.6 is 11.3 Å². The summed E-state index contributed by atoms with van der Waals surface area (Å²) < 4.78 is 21.9. The molecule has 3 aromatic rings. The second kappa shape index (κ2) is 8.00. The highest BCUT2D eigenvalue weighted by atomic mass is 32.1. The van der Waals surface area contributed by atoms with Crippen LogP contribution in [0.5, 0.6) is 11.5 Å². The van der Waals surface area contributed by atoms with E-state index in [0.717, 1.165) is 5.76 Å². The molecule has 1 aliphatic heterocycles. The Bertz CT molecular complexity index is 1070. The Hall–Kier alpha value is -3.26. The lowest BCUT2D eigenvalue weighted by Crippen LogP contribution is -2.18. The number of anilines is 1. The molecule has 4 rings (SSSR count). The first-order valence-corrected chi connectivity index (χ1v) is 10.0. The van der Waals surface area contributed by atoms with E-state index in [2.05, 4.69) is 5.32 Å². The van der Waals surface area contributed by atoms with Crippen molar-refractivity contribution in [2.24, 2.45) is 0 Å². The average molecular weight is 413 g/mol. The molecule has 8 heteroatoms. The van der Waals surface area contributed by atoms with Gasteiger partial charge < -0.3 is 23.9 Å². The van der Waals surface area contributed by atoms with E-state index < -0.39 is 5.97 Å². The Morgan fingerprint density at radius 3 is 2.66 bits per heavy atom. The number of ether oxygens (including phenoxy) is 3. The molecule has 0 radical (unpaired) electrons. The van der Waals surface area contributed by atoms with Crippen LogP contribution in [0.1, 0.15) is 33.4 Å². The van der Waals surface area contributed by atoms with Crippen LogP contribution in [0.15, 0.2) is 40.1 Å². The largest absolute Gasteiger partial charge is 0.486 e. The number of hydrogen-bond acceptors (Lipinski definition) is 7. The number of hydrogen-bond donors (Lipinski definition) is 1. The zero-order chi connectivity index (χ0) is 20.4. The summed E-state index contributed by atoms with van der Waals surface area (Å²) in [5, 5.41) is 4.97. The number of rotatable bonds is 5. The summed E-state index contributed by atoms with van der Waals surface area (Å²) in [6, 6.07) is 8.57. The summed E-state index contributed by atoms with van der Waals surface area (Å²) in [4.78, 5) is 25.4.